The van der Waals surface area contributed by atoms with E-state index in [9.17, 15) is 4.79 Å². The lowest BCUT2D eigenvalue weighted by Crippen LogP contribution is -1.90. The summed E-state index contributed by atoms with van der Waals surface area (Å²) in [4.78, 5) is 14.3. The van der Waals surface area contributed by atoms with Crippen molar-refractivity contribution in [2.75, 3.05) is 0 Å². The molecule has 13 heavy (non-hydrogen) atoms. The summed E-state index contributed by atoms with van der Waals surface area (Å²) in [5.74, 6) is -0.967. The fourth-order valence-electron chi connectivity index (χ4n) is 0.864. The Labute approximate surface area is 84.2 Å². The van der Waals surface area contributed by atoms with Crippen LogP contribution in [0, 0.1) is 0 Å². The molecular weight excluding hydrogens is 234 g/mol. The van der Waals surface area contributed by atoms with Crippen molar-refractivity contribution in [1.29, 1.82) is 0 Å². The monoisotopic (exact) mass is 241 g/mol. The minimum absolute atomic E-state index is 0.667. The first-order valence-electron chi connectivity index (χ1n) is 3.65. The Bertz CT molecular complexity index is 336. The number of aromatic nitrogens is 1. The molecule has 1 rings (SSSR count). The van der Waals surface area contributed by atoms with Crippen LogP contribution >= 0.6 is 15.9 Å². The molecule has 68 valence electrons. The summed E-state index contributed by atoms with van der Waals surface area (Å²) in [7, 11) is 0. The maximum atomic E-state index is 10.2. The largest absolute Gasteiger partial charge is 0.478 e. The van der Waals surface area contributed by atoms with E-state index >= 15 is 0 Å². The molecule has 3 nitrogen and oxygen atoms in total. The normalized spacial score (nSPS) is 10.5. The molecule has 0 saturated carbocycles. The Morgan fingerprint density at radius 1 is 1.69 bits per heavy atom. The first-order valence-corrected chi connectivity index (χ1v) is 4.77. The predicted molar refractivity (Wildman–Crippen MR) is 53.5 cm³/mol. The fourth-order valence-corrected chi connectivity index (χ4v) is 1.34. The summed E-state index contributed by atoms with van der Waals surface area (Å²) in [5, 5.41) is 9.08. The van der Waals surface area contributed by atoms with Gasteiger partial charge in [-0.05, 0) is 17.7 Å². The summed E-state index contributed by atoms with van der Waals surface area (Å²) in [6.45, 7) is 0. The third-order valence-electron chi connectivity index (χ3n) is 1.45. The molecule has 0 spiro atoms. The molecule has 1 N–H and O–H groups in total. The van der Waals surface area contributed by atoms with Crippen molar-refractivity contribution in [1.82, 2.24) is 4.98 Å². The summed E-state index contributed by atoms with van der Waals surface area (Å²) in [5.41, 5.74) is 1.65. The molecule has 0 aliphatic rings. The van der Waals surface area contributed by atoms with Gasteiger partial charge in [-0.3, -0.25) is 4.98 Å². The second-order valence-electron chi connectivity index (χ2n) is 2.35. The van der Waals surface area contributed by atoms with Crippen LogP contribution in [0.15, 0.2) is 24.4 Å². The Morgan fingerprint density at radius 2 is 2.46 bits per heavy atom. The summed E-state index contributed by atoms with van der Waals surface area (Å²) in [6, 6.07) is 3.71. The smallest absolute Gasteiger partial charge is 0.328 e. The average molecular weight is 242 g/mol. The molecule has 4 heteroatoms. The van der Waals surface area contributed by atoms with E-state index in [-0.39, 0.29) is 0 Å². The van der Waals surface area contributed by atoms with Crippen molar-refractivity contribution < 1.29 is 9.90 Å². The fraction of sp³-hybridized carbons (Fsp3) is 0.111. The van der Waals surface area contributed by atoms with Crippen LogP contribution in [0.25, 0.3) is 6.08 Å². The van der Waals surface area contributed by atoms with E-state index in [0.29, 0.717) is 11.0 Å². The minimum atomic E-state index is -0.967. The number of rotatable bonds is 3. The zero-order valence-electron chi connectivity index (χ0n) is 6.77. The number of halogens is 1. The number of nitrogens with zero attached hydrogens (tertiary/aromatic N) is 1. The molecule has 0 aliphatic heterocycles. The molecule has 1 heterocycles. The number of alkyl halides is 1. The Hall–Kier alpha value is -1.16. The van der Waals surface area contributed by atoms with E-state index in [4.69, 9.17) is 5.11 Å². The molecular formula is C9H8BrNO2. The second kappa shape index (κ2) is 4.77. The molecule has 0 bridgehead atoms. The molecule has 0 unspecified atom stereocenters. The molecule has 0 aromatic carbocycles. The Kier molecular flexibility index (Phi) is 3.64. The number of hydrogen-bond acceptors (Lipinski definition) is 2. The SMILES string of the molecule is O=C(O)/C=C/c1ncccc1CBr. The van der Waals surface area contributed by atoms with Crippen molar-refractivity contribution in [3.63, 3.8) is 0 Å². The van der Waals surface area contributed by atoms with Crippen molar-refractivity contribution in [2.24, 2.45) is 0 Å². The highest BCUT2D eigenvalue weighted by molar-refractivity contribution is 9.08. The number of carbonyl (C=O) groups is 1. The standard InChI is InChI=1S/C9H8BrNO2/c10-6-7-2-1-5-11-8(7)3-4-9(12)13/h1-5H,6H2,(H,12,13)/b4-3+. The molecule has 0 saturated heterocycles. The van der Waals surface area contributed by atoms with Crippen molar-refractivity contribution in [2.45, 2.75) is 5.33 Å². The third-order valence-corrected chi connectivity index (χ3v) is 2.06. The number of pyridine rings is 1. The van der Waals surface area contributed by atoms with Gasteiger partial charge in [0, 0.05) is 17.6 Å². The van der Waals surface area contributed by atoms with Gasteiger partial charge in [0.2, 0.25) is 0 Å². The first kappa shape index (κ1) is 9.92. The quantitative estimate of drug-likeness (QED) is 0.652. The number of carboxylic acids is 1. The van der Waals surface area contributed by atoms with E-state index in [1.807, 2.05) is 12.1 Å². The van der Waals surface area contributed by atoms with Gasteiger partial charge in [-0.2, -0.15) is 0 Å². The van der Waals surface area contributed by atoms with Crippen LogP contribution in [-0.4, -0.2) is 16.1 Å². The maximum Gasteiger partial charge on any atom is 0.328 e. The van der Waals surface area contributed by atoms with Gasteiger partial charge in [-0.1, -0.05) is 22.0 Å². The second-order valence-corrected chi connectivity index (χ2v) is 2.91. The molecule has 0 amide bonds. The van der Waals surface area contributed by atoms with Crippen LogP contribution < -0.4 is 0 Å². The van der Waals surface area contributed by atoms with Crippen LogP contribution in [-0.2, 0) is 10.1 Å². The van der Waals surface area contributed by atoms with Gasteiger partial charge in [-0.25, -0.2) is 4.79 Å². The Balaban J connectivity index is 2.93. The summed E-state index contributed by atoms with van der Waals surface area (Å²) >= 11 is 3.29. The third kappa shape index (κ3) is 2.99. The molecule has 0 fully saturated rings. The molecule has 0 radical (unpaired) electrons. The van der Waals surface area contributed by atoms with Gasteiger partial charge in [0.25, 0.3) is 0 Å². The van der Waals surface area contributed by atoms with E-state index in [0.717, 1.165) is 11.6 Å². The van der Waals surface area contributed by atoms with Gasteiger partial charge in [0.1, 0.15) is 0 Å². The van der Waals surface area contributed by atoms with Crippen LogP contribution in [0.4, 0.5) is 0 Å². The van der Waals surface area contributed by atoms with Crippen LogP contribution in [0.3, 0.4) is 0 Å². The topological polar surface area (TPSA) is 50.2 Å². The summed E-state index contributed by atoms with van der Waals surface area (Å²) < 4.78 is 0. The maximum absolute atomic E-state index is 10.2. The zero-order chi connectivity index (χ0) is 9.68. The lowest BCUT2D eigenvalue weighted by Gasteiger charge is -1.98. The molecule has 1 aromatic rings. The number of hydrogen-bond donors (Lipinski definition) is 1. The van der Waals surface area contributed by atoms with Gasteiger partial charge >= 0.3 is 5.97 Å². The van der Waals surface area contributed by atoms with E-state index in [1.165, 1.54) is 6.08 Å². The van der Waals surface area contributed by atoms with Crippen molar-refractivity contribution >= 4 is 28.0 Å². The number of aliphatic carboxylic acids is 1. The highest BCUT2D eigenvalue weighted by Gasteiger charge is 1.97. The number of carboxylic acid groups (broad SMARTS) is 1. The van der Waals surface area contributed by atoms with E-state index in [1.54, 1.807) is 6.20 Å². The highest BCUT2D eigenvalue weighted by Crippen LogP contribution is 2.10. The molecule has 0 aliphatic carbocycles. The van der Waals surface area contributed by atoms with Crippen LogP contribution in [0.2, 0.25) is 0 Å². The first-order chi connectivity index (χ1) is 6.24. The van der Waals surface area contributed by atoms with E-state index < -0.39 is 5.97 Å². The van der Waals surface area contributed by atoms with Crippen molar-refractivity contribution in [3.05, 3.63) is 35.7 Å². The Morgan fingerprint density at radius 3 is 3.08 bits per heavy atom. The van der Waals surface area contributed by atoms with Crippen LogP contribution in [0.1, 0.15) is 11.3 Å². The summed E-state index contributed by atoms with van der Waals surface area (Å²) in [6.07, 6.45) is 4.20. The van der Waals surface area contributed by atoms with Gasteiger partial charge in [0.15, 0.2) is 0 Å². The van der Waals surface area contributed by atoms with Gasteiger partial charge < -0.3 is 5.11 Å². The lowest BCUT2D eigenvalue weighted by atomic mass is 10.2. The van der Waals surface area contributed by atoms with E-state index in [2.05, 4.69) is 20.9 Å². The molecule has 0 atom stereocenters. The van der Waals surface area contributed by atoms with Crippen LogP contribution in [0.5, 0.6) is 0 Å². The lowest BCUT2D eigenvalue weighted by molar-refractivity contribution is -0.131. The minimum Gasteiger partial charge on any atom is -0.478 e. The van der Waals surface area contributed by atoms with Gasteiger partial charge in [0.05, 0.1) is 5.69 Å². The highest BCUT2D eigenvalue weighted by atomic mass is 79.9. The molecule has 1 aromatic heterocycles. The predicted octanol–water partition coefficient (Wildman–Crippen LogP) is 2.07. The average Bonchev–Trinajstić information content (AvgIpc) is 2.15. The van der Waals surface area contributed by atoms with Crippen molar-refractivity contribution in [3.8, 4) is 0 Å². The zero-order valence-corrected chi connectivity index (χ0v) is 8.36. The van der Waals surface area contributed by atoms with Gasteiger partial charge in [-0.15, -0.1) is 0 Å².